The molecule has 0 aliphatic carbocycles. The minimum absolute atomic E-state index is 0.173. The van der Waals surface area contributed by atoms with Crippen LogP contribution >= 0.6 is 0 Å². The molecule has 2 rings (SSSR count). The Kier molecular flexibility index (Phi) is 5.15. The van der Waals surface area contributed by atoms with Crippen LogP contribution in [0.1, 0.15) is 42.5 Å². The molecule has 1 unspecified atom stereocenters. The third kappa shape index (κ3) is 3.58. The van der Waals surface area contributed by atoms with Gasteiger partial charge in [-0.15, -0.1) is 0 Å². The molecule has 1 atom stereocenters. The van der Waals surface area contributed by atoms with Gasteiger partial charge in [-0.2, -0.15) is 5.26 Å². The predicted octanol–water partition coefficient (Wildman–Crippen LogP) is 3.47. The van der Waals surface area contributed by atoms with Crippen LogP contribution in [0.15, 0.2) is 42.5 Å². The largest absolute Gasteiger partial charge is 0.392 e. The number of hydrogen-bond acceptors (Lipinski definition) is 3. The van der Waals surface area contributed by atoms with E-state index in [1.54, 1.807) is 30.3 Å². The first-order valence-corrected chi connectivity index (χ1v) is 7.53. The van der Waals surface area contributed by atoms with Crippen molar-refractivity contribution in [2.75, 3.05) is 0 Å². The Morgan fingerprint density at radius 2 is 1.83 bits per heavy atom. The van der Waals surface area contributed by atoms with Crippen molar-refractivity contribution in [3.05, 3.63) is 70.5 Å². The van der Waals surface area contributed by atoms with E-state index in [-0.39, 0.29) is 18.3 Å². The standard InChI is InChI=1S/C19H20FNO2/c1-13(2)10-19(23,16-4-6-17(20)7-5-16)18-8-3-14(11-21)9-15(18)12-22/h3-9,13,22-23H,10,12H2,1-2H3. The van der Waals surface area contributed by atoms with E-state index < -0.39 is 5.60 Å². The summed E-state index contributed by atoms with van der Waals surface area (Å²) in [6, 6.07) is 12.6. The van der Waals surface area contributed by atoms with Gasteiger partial charge in [0.1, 0.15) is 11.4 Å². The van der Waals surface area contributed by atoms with Crippen molar-refractivity contribution >= 4 is 0 Å². The molecular formula is C19H20FNO2. The fourth-order valence-corrected chi connectivity index (χ4v) is 2.90. The maximum Gasteiger partial charge on any atom is 0.123 e. The van der Waals surface area contributed by atoms with E-state index in [9.17, 15) is 14.6 Å². The third-order valence-corrected chi connectivity index (χ3v) is 3.88. The molecule has 0 aliphatic rings. The molecule has 0 aliphatic heterocycles. The second kappa shape index (κ2) is 6.91. The quantitative estimate of drug-likeness (QED) is 0.888. The minimum atomic E-state index is -1.35. The van der Waals surface area contributed by atoms with Crippen molar-refractivity contribution in [3.8, 4) is 6.07 Å². The first kappa shape index (κ1) is 17.1. The van der Waals surface area contributed by atoms with Crippen molar-refractivity contribution in [2.45, 2.75) is 32.5 Å². The Balaban J connectivity index is 2.63. The smallest absolute Gasteiger partial charge is 0.123 e. The van der Waals surface area contributed by atoms with Gasteiger partial charge >= 0.3 is 0 Å². The van der Waals surface area contributed by atoms with Gasteiger partial charge in [0.05, 0.1) is 18.2 Å². The highest BCUT2D eigenvalue weighted by Gasteiger charge is 2.34. The van der Waals surface area contributed by atoms with Gasteiger partial charge < -0.3 is 10.2 Å². The van der Waals surface area contributed by atoms with Gasteiger partial charge in [0.25, 0.3) is 0 Å². The molecule has 0 bridgehead atoms. The van der Waals surface area contributed by atoms with Crippen LogP contribution in [0.4, 0.5) is 4.39 Å². The second-order valence-corrected chi connectivity index (χ2v) is 6.11. The lowest BCUT2D eigenvalue weighted by Crippen LogP contribution is -2.30. The average Bonchev–Trinajstić information content (AvgIpc) is 2.54. The van der Waals surface area contributed by atoms with E-state index >= 15 is 0 Å². The van der Waals surface area contributed by atoms with Crippen LogP contribution in [0.25, 0.3) is 0 Å². The summed E-state index contributed by atoms with van der Waals surface area (Å²) in [5, 5.41) is 30.0. The normalized spacial score (nSPS) is 13.6. The number of rotatable bonds is 5. The summed E-state index contributed by atoms with van der Waals surface area (Å²) in [5.41, 5.74) is 0.667. The summed E-state index contributed by atoms with van der Waals surface area (Å²) < 4.78 is 13.2. The Labute approximate surface area is 135 Å². The Morgan fingerprint density at radius 3 is 2.35 bits per heavy atom. The highest BCUT2D eigenvalue weighted by Crippen LogP contribution is 2.38. The monoisotopic (exact) mass is 313 g/mol. The summed E-state index contributed by atoms with van der Waals surface area (Å²) >= 11 is 0. The van der Waals surface area contributed by atoms with Gasteiger partial charge in [-0.25, -0.2) is 4.39 Å². The number of aliphatic hydroxyl groups is 2. The van der Waals surface area contributed by atoms with E-state index in [2.05, 4.69) is 0 Å². The van der Waals surface area contributed by atoms with Gasteiger partial charge in [0.2, 0.25) is 0 Å². The molecule has 2 aromatic carbocycles. The van der Waals surface area contributed by atoms with Gasteiger partial charge in [0, 0.05) is 0 Å². The zero-order valence-electron chi connectivity index (χ0n) is 13.3. The summed E-state index contributed by atoms with van der Waals surface area (Å²) in [4.78, 5) is 0. The molecular weight excluding hydrogens is 293 g/mol. The fourth-order valence-electron chi connectivity index (χ4n) is 2.90. The lowest BCUT2D eigenvalue weighted by Gasteiger charge is -2.33. The topological polar surface area (TPSA) is 64.2 Å². The molecule has 0 saturated carbocycles. The van der Waals surface area contributed by atoms with Gasteiger partial charge in [-0.1, -0.05) is 32.0 Å². The maximum atomic E-state index is 13.2. The molecule has 0 aromatic heterocycles. The maximum absolute atomic E-state index is 13.2. The number of halogens is 1. The molecule has 4 heteroatoms. The van der Waals surface area contributed by atoms with Crippen LogP contribution in [0.2, 0.25) is 0 Å². The number of hydrogen-bond donors (Lipinski definition) is 2. The average molecular weight is 313 g/mol. The van der Waals surface area contributed by atoms with Crippen LogP contribution in [0.5, 0.6) is 0 Å². The molecule has 120 valence electrons. The first-order valence-electron chi connectivity index (χ1n) is 7.53. The van der Waals surface area contributed by atoms with E-state index in [0.717, 1.165) is 0 Å². The van der Waals surface area contributed by atoms with Crippen LogP contribution < -0.4 is 0 Å². The van der Waals surface area contributed by atoms with Crippen LogP contribution in [0, 0.1) is 23.1 Å². The fraction of sp³-hybridized carbons (Fsp3) is 0.316. The van der Waals surface area contributed by atoms with Crippen LogP contribution in [-0.2, 0) is 12.2 Å². The Bertz CT molecular complexity index is 719. The van der Waals surface area contributed by atoms with Gasteiger partial charge in [-0.05, 0) is 53.3 Å². The molecule has 3 nitrogen and oxygen atoms in total. The zero-order valence-corrected chi connectivity index (χ0v) is 13.3. The Morgan fingerprint density at radius 1 is 1.17 bits per heavy atom. The lowest BCUT2D eigenvalue weighted by atomic mass is 9.78. The van der Waals surface area contributed by atoms with Crippen LogP contribution in [-0.4, -0.2) is 10.2 Å². The summed E-state index contributed by atoms with van der Waals surface area (Å²) in [7, 11) is 0. The summed E-state index contributed by atoms with van der Waals surface area (Å²) in [6.45, 7) is 3.68. The molecule has 23 heavy (non-hydrogen) atoms. The number of benzene rings is 2. The molecule has 0 radical (unpaired) electrons. The van der Waals surface area contributed by atoms with Crippen molar-refractivity contribution in [3.63, 3.8) is 0 Å². The number of aliphatic hydroxyl groups excluding tert-OH is 1. The molecule has 0 saturated heterocycles. The van der Waals surface area contributed by atoms with Crippen molar-refractivity contribution in [1.82, 2.24) is 0 Å². The third-order valence-electron chi connectivity index (χ3n) is 3.88. The highest BCUT2D eigenvalue weighted by molar-refractivity contribution is 5.45. The molecule has 2 aromatic rings. The molecule has 0 fully saturated rings. The van der Waals surface area contributed by atoms with E-state index in [0.29, 0.717) is 28.7 Å². The summed E-state index contributed by atoms with van der Waals surface area (Å²) in [6.07, 6.45) is 0.414. The van der Waals surface area contributed by atoms with Crippen molar-refractivity contribution < 1.29 is 14.6 Å². The first-order chi connectivity index (χ1) is 10.9. The Hall–Kier alpha value is -2.22. The van der Waals surface area contributed by atoms with Gasteiger partial charge in [-0.3, -0.25) is 0 Å². The highest BCUT2D eigenvalue weighted by atomic mass is 19.1. The number of nitriles is 1. The molecule has 2 N–H and O–H groups in total. The summed E-state index contributed by atoms with van der Waals surface area (Å²) in [5.74, 6) is -0.199. The van der Waals surface area contributed by atoms with Gasteiger partial charge in [0.15, 0.2) is 0 Å². The van der Waals surface area contributed by atoms with Crippen molar-refractivity contribution in [2.24, 2.45) is 5.92 Å². The van der Waals surface area contributed by atoms with Crippen LogP contribution in [0.3, 0.4) is 0 Å². The van der Waals surface area contributed by atoms with E-state index in [1.165, 1.54) is 12.1 Å². The zero-order chi connectivity index (χ0) is 17.0. The molecule has 0 amide bonds. The van der Waals surface area contributed by atoms with Crippen molar-refractivity contribution in [1.29, 1.82) is 5.26 Å². The lowest BCUT2D eigenvalue weighted by molar-refractivity contribution is 0.0551. The van der Waals surface area contributed by atoms with E-state index in [1.807, 2.05) is 19.9 Å². The van der Waals surface area contributed by atoms with E-state index in [4.69, 9.17) is 5.26 Å². The molecule has 0 heterocycles. The number of nitrogens with zero attached hydrogens (tertiary/aromatic N) is 1. The SMILES string of the molecule is CC(C)CC(O)(c1ccc(F)cc1)c1ccc(C#N)cc1CO. The second-order valence-electron chi connectivity index (χ2n) is 6.11. The molecule has 0 spiro atoms. The predicted molar refractivity (Wildman–Crippen MR) is 85.9 cm³/mol. The minimum Gasteiger partial charge on any atom is -0.392 e.